The maximum atomic E-state index is 8.21. The van der Waals surface area contributed by atoms with E-state index in [0.29, 0.717) is 8.73 Å². The molecule has 2 unspecified atom stereocenters. The minimum absolute atomic E-state index is 0.0154. The summed E-state index contributed by atoms with van der Waals surface area (Å²) in [6, 6.07) is 2.06. The molecule has 0 aromatic carbocycles. The molecule has 1 rings (SSSR count). The number of hydrogen-bond acceptors (Lipinski definition) is 2. The van der Waals surface area contributed by atoms with Crippen molar-refractivity contribution in [2.75, 3.05) is 0 Å². The molecule has 2 atom stereocenters. The fourth-order valence-corrected chi connectivity index (χ4v) is 1.13. The molecule has 0 aromatic heterocycles. The number of hydrogen-bond donors (Lipinski definition) is 1. The lowest BCUT2D eigenvalue weighted by Gasteiger charge is -1.90. The van der Waals surface area contributed by atoms with Crippen LogP contribution in [0.2, 0.25) is 0 Å². The van der Waals surface area contributed by atoms with Gasteiger partial charge in [-0.1, -0.05) is 11.9 Å². The van der Waals surface area contributed by atoms with E-state index in [1.54, 1.807) is 0 Å². The van der Waals surface area contributed by atoms with Gasteiger partial charge >= 0.3 is 0 Å². The van der Waals surface area contributed by atoms with Crippen molar-refractivity contribution in [3.63, 3.8) is 0 Å². The molecule has 0 aromatic rings. The molecule has 0 bridgehead atoms. The van der Waals surface area contributed by atoms with Crippen molar-refractivity contribution in [1.29, 1.82) is 5.26 Å². The van der Waals surface area contributed by atoms with Crippen molar-refractivity contribution in [3.8, 4) is 6.07 Å². The summed E-state index contributed by atoms with van der Waals surface area (Å²) >= 11 is 0. The summed E-state index contributed by atoms with van der Waals surface area (Å²) in [6.45, 7) is 0. The number of rotatable bonds is 0. The van der Waals surface area contributed by atoms with Gasteiger partial charge in [-0.3, -0.25) is 5.09 Å². The molecule has 0 saturated heterocycles. The van der Waals surface area contributed by atoms with Crippen LogP contribution >= 0.6 is 8.73 Å². The maximum Gasteiger partial charge on any atom is 0.118 e. The normalized spacial score (nSPS) is 31.0. The third kappa shape index (κ3) is 0.991. The molecule has 3 heteroatoms. The van der Waals surface area contributed by atoms with Gasteiger partial charge in [-0.2, -0.15) is 5.26 Å². The Morgan fingerprint density at radius 2 is 2.71 bits per heavy atom. The zero-order chi connectivity index (χ0) is 5.11. The fraction of sp³-hybridized carbons (Fsp3) is 0.250. The molecule has 1 heterocycles. The molecule has 0 spiro atoms. The molecule has 1 aliphatic heterocycles. The van der Waals surface area contributed by atoms with E-state index in [1.165, 1.54) is 0 Å². The summed E-state index contributed by atoms with van der Waals surface area (Å²) in [7, 11) is 0.643. The van der Waals surface area contributed by atoms with Gasteiger partial charge in [0.15, 0.2) is 0 Å². The molecule has 0 radical (unpaired) electrons. The second kappa shape index (κ2) is 2.07. The van der Waals surface area contributed by atoms with Crippen molar-refractivity contribution in [3.05, 3.63) is 11.9 Å². The van der Waals surface area contributed by atoms with Crippen LogP contribution in [-0.4, -0.2) is 6.04 Å². The predicted octanol–water partition coefficient (Wildman–Crippen LogP) is 0.589. The van der Waals surface area contributed by atoms with E-state index in [0.717, 1.165) is 0 Å². The van der Waals surface area contributed by atoms with Gasteiger partial charge in [0.25, 0.3) is 0 Å². The zero-order valence-corrected chi connectivity index (χ0v) is 4.68. The number of nitrogens with zero attached hydrogens (tertiary/aromatic N) is 1. The van der Waals surface area contributed by atoms with Crippen molar-refractivity contribution in [1.82, 2.24) is 5.09 Å². The van der Waals surface area contributed by atoms with Crippen LogP contribution in [0.4, 0.5) is 0 Å². The van der Waals surface area contributed by atoms with Crippen LogP contribution < -0.4 is 5.09 Å². The van der Waals surface area contributed by atoms with E-state index in [1.807, 2.05) is 11.9 Å². The lowest BCUT2D eigenvalue weighted by atomic mass is 10.4. The Balaban J connectivity index is 2.47. The average molecular weight is 112 g/mol. The molecule has 1 N–H and O–H groups in total. The van der Waals surface area contributed by atoms with E-state index in [4.69, 9.17) is 5.26 Å². The van der Waals surface area contributed by atoms with Gasteiger partial charge in [0.1, 0.15) is 6.04 Å². The highest BCUT2D eigenvalue weighted by Gasteiger charge is 2.02. The van der Waals surface area contributed by atoms with Crippen LogP contribution in [0.25, 0.3) is 0 Å². The smallest absolute Gasteiger partial charge is 0.118 e. The molecular formula is C4H5N2P. The first-order valence-electron chi connectivity index (χ1n) is 2.01. The maximum absolute atomic E-state index is 8.21. The third-order valence-corrected chi connectivity index (χ3v) is 1.59. The first-order chi connectivity index (χ1) is 3.43. The van der Waals surface area contributed by atoms with Crippen LogP contribution in [0.3, 0.4) is 0 Å². The quantitative estimate of drug-likeness (QED) is 0.465. The van der Waals surface area contributed by atoms with Crippen molar-refractivity contribution in [2.24, 2.45) is 0 Å². The Hall–Kier alpha value is -0.380. The van der Waals surface area contributed by atoms with E-state index >= 15 is 0 Å². The van der Waals surface area contributed by atoms with Crippen LogP contribution in [0.5, 0.6) is 0 Å². The van der Waals surface area contributed by atoms with Crippen molar-refractivity contribution >= 4 is 8.73 Å². The molecule has 0 fully saturated rings. The summed E-state index contributed by atoms with van der Waals surface area (Å²) in [5.41, 5.74) is 0. The molecule has 2 nitrogen and oxygen atoms in total. The van der Waals surface area contributed by atoms with E-state index < -0.39 is 0 Å². The topological polar surface area (TPSA) is 35.8 Å². The minimum atomic E-state index is -0.0154. The first kappa shape index (κ1) is 4.77. The lowest BCUT2D eigenvalue weighted by Crippen LogP contribution is -2.10. The van der Waals surface area contributed by atoms with E-state index in [9.17, 15) is 0 Å². The third-order valence-electron chi connectivity index (χ3n) is 0.750. The SMILES string of the molecule is N#CC1C=CPN1. The van der Waals surface area contributed by atoms with Gasteiger partial charge in [-0.15, -0.1) is 0 Å². The molecule has 1 aliphatic rings. The monoisotopic (exact) mass is 112 g/mol. The molecule has 36 valence electrons. The number of nitrogens with one attached hydrogen (secondary N) is 1. The Morgan fingerprint density at radius 1 is 1.86 bits per heavy atom. The molecule has 7 heavy (non-hydrogen) atoms. The zero-order valence-electron chi connectivity index (χ0n) is 3.68. The largest absolute Gasteiger partial charge is 0.276 e. The summed E-state index contributed by atoms with van der Waals surface area (Å²) in [5.74, 6) is 1.98. The summed E-state index contributed by atoms with van der Waals surface area (Å²) in [4.78, 5) is 0. The van der Waals surface area contributed by atoms with Gasteiger partial charge in [0.05, 0.1) is 6.07 Å². The predicted molar refractivity (Wildman–Crippen MR) is 30.0 cm³/mol. The van der Waals surface area contributed by atoms with E-state index in [2.05, 4.69) is 11.2 Å². The molecule has 0 saturated carbocycles. The Labute approximate surface area is 44.1 Å². The summed E-state index contributed by atoms with van der Waals surface area (Å²) in [6.07, 6.45) is 1.87. The second-order valence-corrected chi connectivity index (χ2v) is 2.17. The number of nitriles is 1. The first-order valence-corrected chi connectivity index (χ1v) is 3.08. The standard InChI is InChI=1S/C4H5N2P/c5-3-4-1-2-7-6-4/h1-2,4,6-7H. The van der Waals surface area contributed by atoms with Crippen LogP contribution in [0.1, 0.15) is 0 Å². The molecule has 0 amide bonds. The van der Waals surface area contributed by atoms with Gasteiger partial charge in [0, 0.05) is 0 Å². The van der Waals surface area contributed by atoms with Crippen LogP contribution in [0, 0.1) is 11.3 Å². The Morgan fingerprint density at radius 3 is 3.00 bits per heavy atom. The van der Waals surface area contributed by atoms with Crippen molar-refractivity contribution < 1.29 is 0 Å². The van der Waals surface area contributed by atoms with Gasteiger partial charge in [0.2, 0.25) is 0 Å². The van der Waals surface area contributed by atoms with Gasteiger partial charge in [-0.05, 0) is 8.73 Å². The Bertz CT molecular complexity index is 124. The minimum Gasteiger partial charge on any atom is -0.276 e. The fourth-order valence-electron chi connectivity index (χ4n) is 0.406. The van der Waals surface area contributed by atoms with Gasteiger partial charge < -0.3 is 0 Å². The van der Waals surface area contributed by atoms with Crippen LogP contribution in [0.15, 0.2) is 11.9 Å². The summed E-state index contributed by atoms with van der Waals surface area (Å²) < 4.78 is 0. The molecular weight excluding hydrogens is 107 g/mol. The molecule has 0 aliphatic carbocycles. The highest BCUT2D eigenvalue weighted by atomic mass is 31.1. The average Bonchev–Trinajstić information content (AvgIpc) is 2.14. The highest BCUT2D eigenvalue weighted by Crippen LogP contribution is 2.14. The van der Waals surface area contributed by atoms with Gasteiger partial charge in [-0.25, -0.2) is 0 Å². The van der Waals surface area contributed by atoms with Crippen molar-refractivity contribution in [2.45, 2.75) is 6.04 Å². The van der Waals surface area contributed by atoms with E-state index in [-0.39, 0.29) is 6.04 Å². The second-order valence-electron chi connectivity index (χ2n) is 1.25. The lowest BCUT2D eigenvalue weighted by molar-refractivity contribution is 0.967. The summed E-state index contributed by atoms with van der Waals surface area (Å²) in [5, 5.41) is 11.2. The Kier molecular flexibility index (Phi) is 1.41. The highest BCUT2D eigenvalue weighted by molar-refractivity contribution is 7.39. The van der Waals surface area contributed by atoms with Crippen LogP contribution in [-0.2, 0) is 0 Å².